The number of hydrogen-bond acceptors (Lipinski definition) is 5. The number of nitrogens with zero attached hydrogens (tertiary/aromatic N) is 1. The van der Waals surface area contributed by atoms with E-state index in [0.717, 1.165) is 6.42 Å². The van der Waals surface area contributed by atoms with Crippen LogP contribution in [0.2, 0.25) is 0 Å². The SMILES string of the molecule is O=[N+]([O-])c1ccccc1S(=O)CCC1OCCCO1. The van der Waals surface area contributed by atoms with Crippen molar-refractivity contribution in [3.63, 3.8) is 0 Å². The number of nitro benzene ring substituents is 1. The van der Waals surface area contributed by atoms with Crippen LogP contribution in [0.25, 0.3) is 0 Å². The van der Waals surface area contributed by atoms with E-state index in [2.05, 4.69) is 0 Å². The second-order valence-corrected chi connectivity index (χ2v) is 5.63. The minimum Gasteiger partial charge on any atom is -0.353 e. The van der Waals surface area contributed by atoms with Gasteiger partial charge in [-0.2, -0.15) is 0 Å². The molecule has 1 aromatic rings. The van der Waals surface area contributed by atoms with Crippen molar-refractivity contribution in [3.05, 3.63) is 34.4 Å². The fourth-order valence-corrected chi connectivity index (χ4v) is 3.05. The molecule has 1 aromatic carbocycles. The van der Waals surface area contributed by atoms with Gasteiger partial charge in [0, 0.05) is 18.2 Å². The first-order valence-electron chi connectivity index (χ1n) is 6.03. The predicted octanol–water partition coefficient (Wildman–Crippen LogP) is 1.86. The largest absolute Gasteiger partial charge is 0.353 e. The van der Waals surface area contributed by atoms with Crippen LogP contribution in [0, 0.1) is 10.1 Å². The van der Waals surface area contributed by atoms with Crippen molar-refractivity contribution in [2.24, 2.45) is 0 Å². The average Bonchev–Trinajstić information content (AvgIpc) is 2.46. The van der Waals surface area contributed by atoms with E-state index in [1.54, 1.807) is 12.1 Å². The molecule has 1 unspecified atom stereocenters. The highest BCUT2D eigenvalue weighted by Crippen LogP contribution is 2.22. The van der Waals surface area contributed by atoms with Gasteiger partial charge in [-0.1, -0.05) is 12.1 Å². The minimum absolute atomic E-state index is 0.105. The molecule has 0 aromatic heterocycles. The third-order valence-corrected chi connectivity index (χ3v) is 4.18. The van der Waals surface area contributed by atoms with Gasteiger partial charge in [-0.25, -0.2) is 0 Å². The van der Waals surface area contributed by atoms with Gasteiger partial charge in [0.15, 0.2) is 6.29 Å². The second-order valence-electron chi connectivity index (χ2n) is 4.09. The topological polar surface area (TPSA) is 78.7 Å². The fraction of sp³-hybridized carbons (Fsp3) is 0.500. The molecule has 0 amide bonds. The van der Waals surface area contributed by atoms with E-state index in [-0.39, 0.29) is 22.6 Å². The number of hydrogen-bond donors (Lipinski definition) is 0. The van der Waals surface area contributed by atoms with E-state index < -0.39 is 15.7 Å². The van der Waals surface area contributed by atoms with Crippen LogP contribution in [-0.4, -0.2) is 34.4 Å². The summed E-state index contributed by atoms with van der Waals surface area (Å²) in [5.41, 5.74) is -0.105. The molecule has 1 aliphatic rings. The van der Waals surface area contributed by atoms with Crippen LogP contribution in [-0.2, 0) is 20.3 Å². The van der Waals surface area contributed by atoms with Crippen LogP contribution >= 0.6 is 0 Å². The standard InChI is InChI=1S/C12H15NO5S/c14-13(15)10-4-1-2-5-11(10)19(16)9-6-12-17-7-3-8-18-12/h1-2,4-5,12H,3,6-9H2. The van der Waals surface area contributed by atoms with Gasteiger partial charge in [-0.3, -0.25) is 14.3 Å². The molecular formula is C12H15NO5S. The number of rotatable bonds is 5. The van der Waals surface area contributed by atoms with Crippen LogP contribution in [0.15, 0.2) is 29.2 Å². The van der Waals surface area contributed by atoms with Gasteiger partial charge in [-0.15, -0.1) is 0 Å². The van der Waals surface area contributed by atoms with Gasteiger partial charge in [0.2, 0.25) is 0 Å². The molecular weight excluding hydrogens is 270 g/mol. The van der Waals surface area contributed by atoms with Crippen LogP contribution in [0.5, 0.6) is 0 Å². The summed E-state index contributed by atoms with van der Waals surface area (Å²) in [7, 11) is -1.42. The molecule has 1 aliphatic heterocycles. The van der Waals surface area contributed by atoms with E-state index in [9.17, 15) is 14.3 Å². The summed E-state index contributed by atoms with van der Waals surface area (Å²) in [4.78, 5) is 10.6. The zero-order chi connectivity index (χ0) is 13.7. The van der Waals surface area contributed by atoms with Crippen LogP contribution in [0.3, 0.4) is 0 Å². The van der Waals surface area contributed by atoms with E-state index in [1.807, 2.05) is 0 Å². The lowest BCUT2D eigenvalue weighted by Gasteiger charge is -2.22. The lowest BCUT2D eigenvalue weighted by molar-refractivity contribution is -0.387. The summed E-state index contributed by atoms with van der Waals surface area (Å²) in [5.74, 6) is 0.287. The molecule has 1 heterocycles. The van der Waals surface area contributed by atoms with Crippen molar-refractivity contribution in [2.75, 3.05) is 19.0 Å². The van der Waals surface area contributed by atoms with Gasteiger partial charge in [-0.05, 0) is 12.5 Å². The third-order valence-electron chi connectivity index (χ3n) is 2.74. The summed E-state index contributed by atoms with van der Waals surface area (Å²) in [6.07, 6.45) is 0.989. The molecule has 0 radical (unpaired) electrons. The van der Waals surface area contributed by atoms with E-state index in [0.29, 0.717) is 19.6 Å². The van der Waals surface area contributed by atoms with E-state index >= 15 is 0 Å². The van der Waals surface area contributed by atoms with Gasteiger partial charge in [0.1, 0.15) is 4.90 Å². The Morgan fingerprint density at radius 2 is 2.00 bits per heavy atom. The molecule has 0 aliphatic carbocycles. The zero-order valence-electron chi connectivity index (χ0n) is 10.3. The minimum atomic E-state index is -1.42. The van der Waals surface area contributed by atoms with Crippen molar-refractivity contribution >= 4 is 16.5 Å². The molecule has 1 saturated heterocycles. The smallest absolute Gasteiger partial charge is 0.285 e. The van der Waals surface area contributed by atoms with Crippen molar-refractivity contribution in [1.29, 1.82) is 0 Å². The van der Waals surface area contributed by atoms with Crippen LogP contribution in [0.1, 0.15) is 12.8 Å². The zero-order valence-corrected chi connectivity index (χ0v) is 11.1. The van der Waals surface area contributed by atoms with Crippen molar-refractivity contribution in [2.45, 2.75) is 24.0 Å². The van der Waals surface area contributed by atoms with Crippen molar-refractivity contribution < 1.29 is 18.6 Å². The summed E-state index contributed by atoms with van der Waals surface area (Å²) in [6.45, 7) is 1.28. The van der Waals surface area contributed by atoms with Gasteiger partial charge < -0.3 is 9.47 Å². The lowest BCUT2D eigenvalue weighted by atomic mass is 10.3. The molecule has 0 bridgehead atoms. The molecule has 1 atom stereocenters. The fourth-order valence-electron chi connectivity index (χ4n) is 1.82. The Kier molecular flexibility index (Phi) is 5.00. The maximum Gasteiger partial charge on any atom is 0.285 e. The van der Waals surface area contributed by atoms with Crippen molar-refractivity contribution in [1.82, 2.24) is 0 Å². The quantitative estimate of drug-likeness (QED) is 0.609. The number of benzene rings is 1. The Bertz CT molecular complexity index is 473. The predicted molar refractivity (Wildman–Crippen MR) is 69.3 cm³/mol. The average molecular weight is 285 g/mol. The van der Waals surface area contributed by atoms with Crippen LogP contribution < -0.4 is 0 Å². The first kappa shape index (κ1) is 14.1. The monoisotopic (exact) mass is 285 g/mol. The Hall–Kier alpha value is -1.31. The Balaban J connectivity index is 1.97. The highest BCUT2D eigenvalue weighted by Gasteiger charge is 2.20. The van der Waals surface area contributed by atoms with Gasteiger partial charge in [0.05, 0.1) is 28.9 Å². The van der Waals surface area contributed by atoms with Crippen LogP contribution in [0.4, 0.5) is 5.69 Å². The number of nitro groups is 1. The van der Waals surface area contributed by atoms with E-state index in [4.69, 9.17) is 9.47 Å². The second kappa shape index (κ2) is 6.74. The van der Waals surface area contributed by atoms with Gasteiger partial charge >= 0.3 is 0 Å². The molecule has 0 saturated carbocycles. The summed E-state index contributed by atoms with van der Waals surface area (Å²) in [5, 5.41) is 10.9. The summed E-state index contributed by atoms with van der Waals surface area (Å²) >= 11 is 0. The maximum absolute atomic E-state index is 12.1. The highest BCUT2D eigenvalue weighted by atomic mass is 32.2. The number of ether oxygens (including phenoxy) is 2. The Morgan fingerprint density at radius 1 is 1.32 bits per heavy atom. The molecule has 7 heteroatoms. The maximum atomic E-state index is 12.1. The Morgan fingerprint density at radius 3 is 2.68 bits per heavy atom. The molecule has 6 nitrogen and oxygen atoms in total. The molecule has 0 spiro atoms. The van der Waals surface area contributed by atoms with Gasteiger partial charge in [0.25, 0.3) is 5.69 Å². The highest BCUT2D eigenvalue weighted by molar-refractivity contribution is 7.85. The molecule has 104 valence electrons. The lowest BCUT2D eigenvalue weighted by Crippen LogP contribution is -2.26. The number of para-hydroxylation sites is 1. The van der Waals surface area contributed by atoms with E-state index in [1.165, 1.54) is 12.1 Å². The Labute approximate surface area is 113 Å². The summed E-state index contributed by atoms with van der Waals surface area (Å²) < 4.78 is 22.8. The molecule has 0 N–H and O–H groups in total. The normalized spacial score (nSPS) is 18.1. The first-order valence-corrected chi connectivity index (χ1v) is 7.35. The molecule has 1 fully saturated rings. The molecule has 19 heavy (non-hydrogen) atoms. The third kappa shape index (κ3) is 3.82. The summed E-state index contributed by atoms with van der Waals surface area (Å²) in [6, 6.07) is 6.09. The van der Waals surface area contributed by atoms with Crippen molar-refractivity contribution in [3.8, 4) is 0 Å². The first-order chi connectivity index (χ1) is 9.18. The molecule has 2 rings (SSSR count).